The summed E-state index contributed by atoms with van der Waals surface area (Å²) in [4.78, 5) is 2.48. The van der Waals surface area contributed by atoms with Crippen LogP contribution in [-0.4, -0.2) is 18.5 Å². The van der Waals surface area contributed by atoms with Gasteiger partial charge in [0.05, 0.1) is 6.04 Å². The number of likely N-dealkylation sites (N-methyl/N-ethyl adjacent to an activating group) is 1. The molecule has 98 valence electrons. The minimum absolute atomic E-state index is 0.418. The van der Waals surface area contributed by atoms with Crippen molar-refractivity contribution in [2.24, 2.45) is 0 Å². The topological polar surface area (TPSA) is 3.24 Å². The minimum atomic E-state index is 0.418. The molecule has 0 radical (unpaired) electrons. The predicted molar refractivity (Wildman–Crippen MR) is 80.4 cm³/mol. The van der Waals surface area contributed by atoms with Gasteiger partial charge in [0.15, 0.2) is 0 Å². The van der Waals surface area contributed by atoms with Gasteiger partial charge in [-0.2, -0.15) is 0 Å². The summed E-state index contributed by atoms with van der Waals surface area (Å²) in [5.74, 6) is 0. The Balaban J connectivity index is 2.16. The highest BCUT2D eigenvalue weighted by molar-refractivity contribution is 5.44. The Morgan fingerprint density at radius 3 is 2.58 bits per heavy atom. The first-order valence-corrected chi connectivity index (χ1v) is 7.17. The molecule has 0 aliphatic carbocycles. The van der Waals surface area contributed by atoms with Gasteiger partial charge in [-0.1, -0.05) is 55.5 Å². The second-order valence-electron chi connectivity index (χ2n) is 5.39. The highest BCUT2D eigenvalue weighted by atomic mass is 15.1. The van der Waals surface area contributed by atoms with E-state index in [-0.39, 0.29) is 0 Å². The number of nitrogens with zero attached hydrogens (tertiary/aromatic N) is 1. The molecule has 1 heteroatoms. The zero-order chi connectivity index (χ0) is 13.2. The van der Waals surface area contributed by atoms with Crippen molar-refractivity contribution in [1.82, 2.24) is 4.90 Å². The van der Waals surface area contributed by atoms with Crippen molar-refractivity contribution in [3.05, 3.63) is 70.8 Å². The average molecular weight is 251 g/mol. The second-order valence-corrected chi connectivity index (χ2v) is 5.39. The SMILES string of the molecule is CCc1cccc2c1C(c1ccccc1)N(C)CC2. The first-order valence-electron chi connectivity index (χ1n) is 7.17. The highest BCUT2D eigenvalue weighted by Gasteiger charge is 2.27. The summed E-state index contributed by atoms with van der Waals surface area (Å²) in [5.41, 5.74) is 5.99. The van der Waals surface area contributed by atoms with Crippen LogP contribution in [0.4, 0.5) is 0 Å². The van der Waals surface area contributed by atoms with Crippen molar-refractivity contribution in [3.8, 4) is 0 Å². The summed E-state index contributed by atoms with van der Waals surface area (Å²) in [6.45, 7) is 3.39. The Kier molecular flexibility index (Phi) is 3.39. The van der Waals surface area contributed by atoms with Crippen LogP contribution in [0, 0.1) is 0 Å². The fraction of sp³-hybridized carbons (Fsp3) is 0.333. The number of hydrogen-bond acceptors (Lipinski definition) is 1. The molecule has 2 aromatic rings. The van der Waals surface area contributed by atoms with E-state index in [1.54, 1.807) is 5.56 Å². The van der Waals surface area contributed by atoms with Crippen LogP contribution in [0.3, 0.4) is 0 Å². The number of benzene rings is 2. The fourth-order valence-electron chi connectivity index (χ4n) is 3.25. The minimum Gasteiger partial charge on any atom is -0.295 e. The van der Waals surface area contributed by atoms with Gasteiger partial charge in [-0.15, -0.1) is 0 Å². The summed E-state index contributed by atoms with van der Waals surface area (Å²) in [7, 11) is 2.24. The van der Waals surface area contributed by atoms with Crippen molar-refractivity contribution >= 4 is 0 Å². The molecule has 1 nitrogen and oxygen atoms in total. The van der Waals surface area contributed by atoms with Crippen molar-refractivity contribution in [2.45, 2.75) is 25.8 Å². The van der Waals surface area contributed by atoms with Crippen molar-refractivity contribution in [1.29, 1.82) is 0 Å². The van der Waals surface area contributed by atoms with Crippen LogP contribution in [0.1, 0.15) is 35.2 Å². The van der Waals surface area contributed by atoms with E-state index < -0.39 is 0 Å². The van der Waals surface area contributed by atoms with E-state index in [9.17, 15) is 0 Å². The zero-order valence-electron chi connectivity index (χ0n) is 11.8. The largest absolute Gasteiger partial charge is 0.295 e. The molecule has 0 spiro atoms. The first kappa shape index (κ1) is 12.4. The summed E-state index contributed by atoms with van der Waals surface area (Å²) in [6, 6.07) is 18.1. The molecule has 0 aromatic heterocycles. The van der Waals surface area contributed by atoms with Gasteiger partial charge >= 0.3 is 0 Å². The molecule has 3 rings (SSSR count). The summed E-state index contributed by atoms with van der Waals surface area (Å²) < 4.78 is 0. The van der Waals surface area contributed by atoms with E-state index in [0.717, 1.165) is 13.0 Å². The molecule has 0 N–H and O–H groups in total. The van der Waals surface area contributed by atoms with E-state index >= 15 is 0 Å². The lowest BCUT2D eigenvalue weighted by atomic mass is 9.84. The summed E-state index contributed by atoms with van der Waals surface area (Å²) in [6.07, 6.45) is 2.28. The third-order valence-corrected chi connectivity index (χ3v) is 4.23. The van der Waals surface area contributed by atoms with Crippen LogP contribution < -0.4 is 0 Å². The number of hydrogen-bond donors (Lipinski definition) is 0. The summed E-state index contributed by atoms with van der Waals surface area (Å²) in [5, 5.41) is 0. The smallest absolute Gasteiger partial charge is 0.0604 e. The second kappa shape index (κ2) is 5.18. The van der Waals surface area contributed by atoms with Crippen LogP contribution in [0.15, 0.2) is 48.5 Å². The van der Waals surface area contributed by atoms with Gasteiger partial charge < -0.3 is 0 Å². The van der Waals surface area contributed by atoms with E-state index in [1.807, 2.05) is 0 Å². The molecule has 2 aromatic carbocycles. The highest BCUT2D eigenvalue weighted by Crippen LogP contribution is 2.36. The molecule has 1 aliphatic heterocycles. The molecule has 0 saturated carbocycles. The van der Waals surface area contributed by atoms with Gasteiger partial charge in [-0.25, -0.2) is 0 Å². The van der Waals surface area contributed by atoms with Gasteiger partial charge in [-0.3, -0.25) is 4.90 Å². The van der Waals surface area contributed by atoms with E-state index in [4.69, 9.17) is 0 Å². The lowest BCUT2D eigenvalue weighted by Crippen LogP contribution is -2.33. The average Bonchev–Trinajstić information content (AvgIpc) is 2.47. The quantitative estimate of drug-likeness (QED) is 0.784. The molecule has 0 bridgehead atoms. The van der Waals surface area contributed by atoms with Crippen LogP contribution in [0.5, 0.6) is 0 Å². The molecule has 1 atom stereocenters. The van der Waals surface area contributed by atoms with Gasteiger partial charge in [0.2, 0.25) is 0 Å². The van der Waals surface area contributed by atoms with Crippen LogP contribution in [0.25, 0.3) is 0 Å². The van der Waals surface area contributed by atoms with Crippen LogP contribution >= 0.6 is 0 Å². The van der Waals surface area contributed by atoms with Crippen LogP contribution in [-0.2, 0) is 12.8 Å². The number of fused-ring (bicyclic) bond motifs is 1. The normalized spacial score (nSPS) is 19.2. The molecule has 19 heavy (non-hydrogen) atoms. The van der Waals surface area contributed by atoms with Crippen LogP contribution in [0.2, 0.25) is 0 Å². The Bertz CT molecular complexity index is 545. The van der Waals surface area contributed by atoms with Gasteiger partial charge in [0.25, 0.3) is 0 Å². The Hall–Kier alpha value is -1.60. The zero-order valence-corrected chi connectivity index (χ0v) is 11.8. The monoisotopic (exact) mass is 251 g/mol. The van der Waals surface area contributed by atoms with Crippen molar-refractivity contribution in [3.63, 3.8) is 0 Å². The van der Waals surface area contributed by atoms with Gasteiger partial charge in [-0.05, 0) is 42.1 Å². The Labute approximate surface area is 115 Å². The third-order valence-electron chi connectivity index (χ3n) is 4.23. The first-order chi connectivity index (χ1) is 9.31. The van der Waals surface area contributed by atoms with Crippen molar-refractivity contribution in [2.75, 3.05) is 13.6 Å². The van der Waals surface area contributed by atoms with Gasteiger partial charge in [0.1, 0.15) is 0 Å². The summed E-state index contributed by atoms with van der Waals surface area (Å²) >= 11 is 0. The maximum Gasteiger partial charge on any atom is 0.0604 e. The fourth-order valence-corrected chi connectivity index (χ4v) is 3.25. The Morgan fingerprint density at radius 2 is 1.84 bits per heavy atom. The molecule has 0 fully saturated rings. The maximum atomic E-state index is 2.48. The molecule has 1 unspecified atom stereocenters. The molecule has 1 aliphatic rings. The molecular weight excluding hydrogens is 230 g/mol. The standard InChI is InChI=1S/C18H21N/c1-3-14-10-7-11-15-12-13-19(2)18(17(14)15)16-8-5-4-6-9-16/h4-11,18H,3,12-13H2,1-2H3. The number of rotatable bonds is 2. The van der Waals surface area contributed by atoms with E-state index in [2.05, 4.69) is 67.4 Å². The molecule has 1 heterocycles. The molecule has 0 amide bonds. The van der Waals surface area contributed by atoms with Gasteiger partial charge in [0, 0.05) is 6.54 Å². The van der Waals surface area contributed by atoms with E-state index in [1.165, 1.54) is 23.1 Å². The number of aryl methyl sites for hydroxylation is 1. The Morgan fingerprint density at radius 1 is 1.05 bits per heavy atom. The maximum absolute atomic E-state index is 2.48. The van der Waals surface area contributed by atoms with Crippen molar-refractivity contribution < 1.29 is 0 Å². The molecular formula is C18H21N. The third kappa shape index (κ3) is 2.19. The molecule has 0 saturated heterocycles. The predicted octanol–water partition coefficient (Wildman–Crippen LogP) is 3.83. The van der Waals surface area contributed by atoms with E-state index in [0.29, 0.717) is 6.04 Å². The lowest BCUT2D eigenvalue weighted by molar-refractivity contribution is 0.263. The lowest BCUT2D eigenvalue weighted by Gasteiger charge is -2.36.